The molecule has 2 N–H and O–H groups in total. The SMILES string of the molecule is CN1CCN(c2cccc(CC(=O)Nc3nnc(C4CCC[C@H](c5nnc(NC(=O)Cc6cccc(N7CCN(C)CC7)c6)s5)C4)s3)c2)CC1. The Kier molecular flexibility index (Phi) is 11.0. The van der Waals surface area contributed by atoms with Crippen LogP contribution >= 0.6 is 22.7 Å². The monoisotopic (exact) mass is 714 g/mol. The van der Waals surface area contributed by atoms with E-state index in [4.69, 9.17) is 0 Å². The van der Waals surface area contributed by atoms with Crippen molar-refractivity contribution in [3.8, 4) is 0 Å². The first-order chi connectivity index (χ1) is 24.3. The van der Waals surface area contributed by atoms with Crippen molar-refractivity contribution in [1.82, 2.24) is 30.2 Å². The third-order valence-electron chi connectivity index (χ3n) is 10.0. The van der Waals surface area contributed by atoms with Gasteiger partial charge in [-0.25, -0.2) is 0 Å². The highest BCUT2D eigenvalue weighted by molar-refractivity contribution is 7.15. The molecule has 2 saturated heterocycles. The van der Waals surface area contributed by atoms with Gasteiger partial charge in [-0.2, -0.15) is 0 Å². The van der Waals surface area contributed by atoms with Crippen molar-refractivity contribution >= 4 is 56.1 Å². The molecule has 2 amide bonds. The molecule has 2 atom stereocenters. The molecule has 2 aromatic heterocycles. The van der Waals surface area contributed by atoms with Crippen LogP contribution < -0.4 is 20.4 Å². The van der Waals surface area contributed by atoms with Crippen LogP contribution in [-0.2, 0) is 22.4 Å². The minimum Gasteiger partial charge on any atom is -0.369 e. The van der Waals surface area contributed by atoms with Gasteiger partial charge >= 0.3 is 0 Å². The van der Waals surface area contributed by atoms with Gasteiger partial charge in [0.05, 0.1) is 12.8 Å². The Hall–Kier alpha value is -3.98. The van der Waals surface area contributed by atoms with Gasteiger partial charge in [-0.1, -0.05) is 53.4 Å². The summed E-state index contributed by atoms with van der Waals surface area (Å²) >= 11 is 2.93. The summed E-state index contributed by atoms with van der Waals surface area (Å²) < 4.78 is 0. The minimum absolute atomic E-state index is 0.0871. The van der Waals surface area contributed by atoms with E-state index in [1.165, 1.54) is 34.0 Å². The predicted octanol–water partition coefficient (Wildman–Crippen LogP) is 4.70. The van der Waals surface area contributed by atoms with Crippen molar-refractivity contribution < 1.29 is 9.59 Å². The summed E-state index contributed by atoms with van der Waals surface area (Å²) in [7, 11) is 4.30. The molecule has 4 heterocycles. The van der Waals surface area contributed by atoms with Crippen molar-refractivity contribution in [2.45, 2.75) is 50.4 Å². The number of amides is 2. The van der Waals surface area contributed by atoms with E-state index in [0.29, 0.717) is 23.1 Å². The highest BCUT2D eigenvalue weighted by Crippen LogP contribution is 2.43. The van der Waals surface area contributed by atoms with E-state index in [9.17, 15) is 9.59 Å². The fraction of sp³-hybridized carbons (Fsp3) is 0.500. The van der Waals surface area contributed by atoms with Crippen molar-refractivity contribution in [3.63, 3.8) is 0 Å². The maximum Gasteiger partial charge on any atom is 0.230 e. The molecule has 264 valence electrons. The molecule has 12 nitrogen and oxygen atoms in total. The number of piperazine rings is 2. The zero-order valence-electron chi connectivity index (χ0n) is 28.9. The number of nitrogens with one attached hydrogen (secondary N) is 2. The summed E-state index contributed by atoms with van der Waals surface area (Å²) in [5.74, 6) is 0.310. The number of aromatic nitrogens is 4. The summed E-state index contributed by atoms with van der Waals surface area (Å²) in [6, 6.07) is 16.6. The van der Waals surface area contributed by atoms with Gasteiger partial charge in [0.1, 0.15) is 10.0 Å². The number of nitrogens with zero attached hydrogens (tertiary/aromatic N) is 8. The molecule has 3 aliphatic rings. The number of hydrogen-bond donors (Lipinski definition) is 2. The third kappa shape index (κ3) is 8.84. The fourth-order valence-corrected chi connectivity index (χ4v) is 8.91. The Morgan fingerprint density at radius 2 is 1.10 bits per heavy atom. The Morgan fingerprint density at radius 1 is 0.660 bits per heavy atom. The number of rotatable bonds is 10. The molecule has 0 radical (unpaired) electrons. The van der Waals surface area contributed by atoms with Crippen LogP contribution in [0.2, 0.25) is 0 Å². The standard InChI is InChI=1S/C36H46N10O2S2/c1-43-12-16-45(17-13-43)29-10-3-6-25(20-29)22-31(47)37-35-41-39-33(49-35)27-8-5-9-28(24-27)34-40-42-36(50-34)38-32(48)23-26-7-4-11-30(21-26)46-18-14-44(2)15-19-46/h3-4,6-7,10-11,20-21,27-28H,5,8-9,12-19,22-24H2,1-2H3,(H,37,41,47)(H,38,42,48)/t27-,28?/m0/s1. The number of anilines is 4. The van der Waals surface area contributed by atoms with Crippen LogP contribution in [0.1, 0.15) is 58.7 Å². The van der Waals surface area contributed by atoms with E-state index < -0.39 is 0 Å². The average molecular weight is 715 g/mol. The summed E-state index contributed by atoms with van der Waals surface area (Å²) in [6.07, 6.45) is 4.57. The summed E-state index contributed by atoms with van der Waals surface area (Å²) in [6.45, 7) is 8.13. The molecule has 14 heteroatoms. The van der Waals surface area contributed by atoms with Gasteiger partial charge < -0.3 is 30.2 Å². The lowest BCUT2D eigenvalue weighted by Gasteiger charge is -2.34. The van der Waals surface area contributed by atoms with Crippen LogP contribution in [0.4, 0.5) is 21.6 Å². The number of carbonyl (C=O) groups excluding carboxylic acids is 2. The molecule has 1 aliphatic carbocycles. The number of carbonyl (C=O) groups is 2. The van der Waals surface area contributed by atoms with Crippen molar-refractivity contribution in [2.24, 2.45) is 0 Å². The molecule has 50 heavy (non-hydrogen) atoms. The summed E-state index contributed by atoms with van der Waals surface area (Å²) in [5.41, 5.74) is 4.31. The lowest BCUT2D eigenvalue weighted by Crippen LogP contribution is -2.44. The maximum absolute atomic E-state index is 13.0. The Bertz CT molecular complexity index is 1640. The molecule has 4 aromatic rings. The Labute approximate surface area is 301 Å². The minimum atomic E-state index is -0.0871. The lowest BCUT2D eigenvalue weighted by molar-refractivity contribution is -0.116. The first-order valence-electron chi connectivity index (χ1n) is 17.7. The van der Waals surface area contributed by atoms with Crippen LogP contribution in [0.15, 0.2) is 48.5 Å². The zero-order chi connectivity index (χ0) is 34.5. The van der Waals surface area contributed by atoms with E-state index >= 15 is 0 Å². The average Bonchev–Trinajstić information content (AvgIpc) is 3.79. The first-order valence-corrected chi connectivity index (χ1v) is 19.3. The van der Waals surface area contributed by atoms with E-state index in [2.05, 4.69) is 89.0 Å². The van der Waals surface area contributed by atoms with E-state index in [1.807, 2.05) is 24.3 Å². The van der Waals surface area contributed by atoms with Crippen LogP contribution in [0.25, 0.3) is 0 Å². The number of benzene rings is 2. The Morgan fingerprint density at radius 3 is 1.54 bits per heavy atom. The topological polar surface area (TPSA) is 123 Å². The van der Waals surface area contributed by atoms with Crippen LogP contribution in [0.3, 0.4) is 0 Å². The molecule has 2 aromatic carbocycles. The van der Waals surface area contributed by atoms with Gasteiger partial charge in [0.2, 0.25) is 22.1 Å². The quantitative estimate of drug-likeness (QED) is 0.239. The van der Waals surface area contributed by atoms with Gasteiger partial charge in [0.15, 0.2) is 0 Å². The highest BCUT2D eigenvalue weighted by Gasteiger charge is 2.30. The van der Waals surface area contributed by atoms with Crippen LogP contribution in [0.5, 0.6) is 0 Å². The van der Waals surface area contributed by atoms with Crippen LogP contribution in [0, 0.1) is 0 Å². The van der Waals surface area contributed by atoms with Crippen molar-refractivity contribution in [2.75, 3.05) is 86.9 Å². The maximum atomic E-state index is 13.0. The van der Waals surface area contributed by atoms with Gasteiger partial charge in [-0.15, -0.1) is 20.4 Å². The summed E-state index contributed by atoms with van der Waals surface area (Å²) in [4.78, 5) is 35.4. The van der Waals surface area contributed by atoms with Gasteiger partial charge in [-0.3, -0.25) is 9.59 Å². The molecule has 1 saturated carbocycles. The lowest BCUT2D eigenvalue weighted by atomic mass is 9.82. The van der Waals surface area contributed by atoms with E-state index in [0.717, 1.165) is 99.2 Å². The second kappa shape index (κ2) is 15.9. The first kappa shape index (κ1) is 34.5. The smallest absolute Gasteiger partial charge is 0.230 e. The number of hydrogen-bond acceptors (Lipinski definition) is 12. The molecular formula is C36H46N10O2S2. The molecular weight excluding hydrogens is 669 g/mol. The third-order valence-corrected chi connectivity index (χ3v) is 12.0. The molecule has 3 fully saturated rings. The molecule has 1 unspecified atom stereocenters. The fourth-order valence-electron chi connectivity index (χ4n) is 7.09. The van der Waals surface area contributed by atoms with Gasteiger partial charge in [-0.05, 0) is 68.8 Å². The van der Waals surface area contributed by atoms with Crippen molar-refractivity contribution in [1.29, 1.82) is 0 Å². The second-order valence-corrected chi connectivity index (χ2v) is 15.8. The second-order valence-electron chi connectivity index (χ2n) is 13.8. The van der Waals surface area contributed by atoms with Gasteiger partial charge in [0, 0.05) is 75.6 Å². The van der Waals surface area contributed by atoms with Crippen LogP contribution in [-0.4, -0.2) is 108 Å². The normalized spacial score (nSPS) is 20.5. The highest BCUT2D eigenvalue weighted by atomic mass is 32.1. The van der Waals surface area contributed by atoms with E-state index in [1.54, 1.807) is 0 Å². The van der Waals surface area contributed by atoms with Gasteiger partial charge in [0.25, 0.3) is 0 Å². The Balaban J connectivity index is 0.895. The summed E-state index contributed by atoms with van der Waals surface area (Å²) in [5, 5.41) is 26.5. The largest absolute Gasteiger partial charge is 0.369 e. The molecule has 0 bridgehead atoms. The predicted molar refractivity (Wildman–Crippen MR) is 201 cm³/mol. The molecule has 0 spiro atoms. The zero-order valence-corrected chi connectivity index (χ0v) is 30.5. The molecule has 7 rings (SSSR count). The number of likely N-dealkylation sites (N-methyl/N-ethyl adjacent to an activating group) is 2. The van der Waals surface area contributed by atoms with Crippen molar-refractivity contribution in [3.05, 3.63) is 69.7 Å². The van der Waals surface area contributed by atoms with E-state index in [-0.39, 0.29) is 23.7 Å². The molecule has 2 aliphatic heterocycles.